The SMILES string of the molecule is Cc1cccc(CC(F)C(F)(F)F)c1. The fourth-order valence-electron chi connectivity index (χ4n) is 1.16. The molecule has 0 spiro atoms. The molecule has 0 heterocycles. The molecule has 1 rings (SSSR count). The molecule has 0 fully saturated rings. The smallest absolute Gasteiger partial charge is 0.237 e. The summed E-state index contributed by atoms with van der Waals surface area (Å²) in [5, 5.41) is 0. The van der Waals surface area contributed by atoms with Gasteiger partial charge in [-0.25, -0.2) is 4.39 Å². The number of rotatable bonds is 2. The average Bonchev–Trinajstić information content (AvgIpc) is 2.02. The molecule has 0 amide bonds. The largest absolute Gasteiger partial charge is 0.419 e. The van der Waals surface area contributed by atoms with Crippen LogP contribution in [0.4, 0.5) is 17.6 Å². The highest BCUT2D eigenvalue weighted by atomic mass is 19.4. The molecule has 0 radical (unpaired) electrons. The van der Waals surface area contributed by atoms with Crippen molar-refractivity contribution < 1.29 is 17.6 Å². The van der Waals surface area contributed by atoms with E-state index in [1.807, 2.05) is 0 Å². The molecular weight excluding hydrogens is 196 g/mol. The Labute approximate surface area is 79.6 Å². The molecule has 0 bridgehead atoms. The zero-order valence-electron chi connectivity index (χ0n) is 7.61. The highest BCUT2D eigenvalue weighted by Crippen LogP contribution is 2.25. The molecule has 0 nitrogen and oxygen atoms in total. The van der Waals surface area contributed by atoms with Gasteiger partial charge in [0.05, 0.1) is 0 Å². The van der Waals surface area contributed by atoms with Gasteiger partial charge in [0.15, 0.2) is 6.17 Å². The van der Waals surface area contributed by atoms with Gasteiger partial charge in [0.25, 0.3) is 0 Å². The van der Waals surface area contributed by atoms with Crippen LogP contribution in [-0.2, 0) is 6.42 Å². The third kappa shape index (κ3) is 3.01. The van der Waals surface area contributed by atoms with Gasteiger partial charge in [-0.3, -0.25) is 0 Å². The van der Waals surface area contributed by atoms with Crippen LogP contribution in [0.5, 0.6) is 0 Å². The first-order valence-electron chi connectivity index (χ1n) is 4.16. The van der Waals surface area contributed by atoms with Gasteiger partial charge in [0.2, 0.25) is 0 Å². The van der Waals surface area contributed by atoms with Crippen LogP contribution in [0.15, 0.2) is 24.3 Å². The van der Waals surface area contributed by atoms with Crippen LogP contribution in [0.1, 0.15) is 11.1 Å². The van der Waals surface area contributed by atoms with Gasteiger partial charge in [-0.15, -0.1) is 0 Å². The molecule has 1 atom stereocenters. The number of benzene rings is 1. The molecule has 0 aliphatic rings. The molecule has 78 valence electrons. The molecule has 1 aromatic carbocycles. The Balaban J connectivity index is 2.70. The van der Waals surface area contributed by atoms with E-state index in [2.05, 4.69) is 0 Å². The summed E-state index contributed by atoms with van der Waals surface area (Å²) in [6, 6.07) is 6.42. The second kappa shape index (κ2) is 3.98. The Morgan fingerprint density at radius 1 is 1.29 bits per heavy atom. The normalized spacial score (nSPS) is 14.1. The Hall–Kier alpha value is -1.06. The van der Waals surface area contributed by atoms with Gasteiger partial charge in [-0.1, -0.05) is 29.8 Å². The van der Waals surface area contributed by atoms with Gasteiger partial charge in [-0.05, 0) is 12.5 Å². The quantitative estimate of drug-likeness (QED) is 0.650. The zero-order chi connectivity index (χ0) is 10.8. The van der Waals surface area contributed by atoms with E-state index >= 15 is 0 Å². The summed E-state index contributed by atoms with van der Waals surface area (Å²) in [6.45, 7) is 1.75. The van der Waals surface area contributed by atoms with Crippen LogP contribution in [0, 0.1) is 6.92 Å². The molecule has 0 saturated carbocycles. The molecule has 0 aliphatic carbocycles. The van der Waals surface area contributed by atoms with Crippen molar-refractivity contribution in [3.63, 3.8) is 0 Å². The summed E-state index contributed by atoms with van der Waals surface area (Å²) < 4.78 is 48.2. The van der Waals surface area contributed by atoms with Gasteiger partial charge in [-0.2, -0.15) is 13.2 Å². The third-order valence-electron chi connectivity index (χ3n) is 1.85. The highest BCUT2D eigenvalue weighted by Gasteiger charge is 2.39. The molecule has 0 saturated heterocycles. The molecule has 0 aliphatic heterocycles. The van der Waals surface area contributed by atoms with Crippen molar-refractivity contribution in [2.75, 3.05) is 0 Å². The zero-order valence-corrected chi connectivity index (χ0v) is 7.61. The van der Waals surface area contributed by atoms with Crippen molar-refractivity contribution in [3.05, 3.63) is 35.4 Å². The van der Waals surface area contributed by atoms with E-state index in [4.69, 9.17) is 0 Å². The molecule has 1 unspecified atom stereocenters. The minimum atomic E-state index is -4.76. The first kappa shape index (κ1) is 11.0. The van der Waals surface area contributed by atoms with E-state index in [0.717, 1.165) is 5.56 Å². The Kier molecular flexibility index (Phi) is 3.13. The lowest BCUT2D eigenvalue weighted by Crippen LogP contribution is -2.26. The van der Waals surface area contributed by atoms with E-state index in [1.165, 1.54) is 6.07 Å². The van der Waals surface area contributed by atoms with Crippen molar-refractivity contribution in [3.8, 4) is 0 Å². The van der Waals surface area contributed by atoms with Crippen LogP contribution >= 0.6 is 0 Å². The van der Waals surface area contributed by atoms with Crippen molar-refractivity contribution in [2.45, 2.75) is 25.7 Å². The highest BCUT2D eigenvalue weighted by molar-refractivity contribution is 5.22. The minimum absolute atomic E-state index is 0.370. The van der Waals surface area contributed by atoms with Gasteiger partial charge in [0, 0.05) is 6.42 Å². The van der Waals surface area contributed by atoms with Gasteiger partial charge in [0.1, 0.15) is 0 Å². The van der Waals surface area contributed by atoms with Crippen LogP contribution in [-0.4, -0.2) is 12.3 Å². The lowest BCUT2D eigenvalue weighted by atomic mass is 10.1. The van der Waals surface area contributed by atoms with Crippen molar-refractivity contribution in [2.24, 2.45) is 0 Å². The van der Waals surface area contributed by atoms with Crippen LogP contribution in [0.25, 0.3) is 0 Å². The molecule has 0 aromatic heterocycles. The van der Waals surface area contributed by atoms with Crippen molar-refractivity contribution in [1.82, 2.24) is 0 Å². The second-order valence-electron chi connectivity index (χ2n) is 3.20. The minimum Gasteiger partial charge on any atom is -0.237 e. The summed E-state index contributed by atoms with van der Waals surface area (Å²) in [4.78, 5) is 0. The van der Waals surface area contributed by atoms with Crippen LogP contribution in [0.3, 0.4) is 0 Å². The fourth-order valence-corrected chi connectivity index (χ4v) is 1.16. The number of alkyl halides is 4. The molecule has 4 heteroatoms. The first-order valence-corrected chi connectivity index (χ1v) is 4.16. The maximum Gasteiger partial charge on any atom is 0.419 e. The van der Waals surface area contributed by atoms with Gasteiger partial charge >= 0.3 is 6.18 Å². The van der Waals surface area contributed by atoms with E-state index < -0.39 is 18.8 Å². The maximum atomic E-state index is 12.6. The topological polar surface area (TPSA) is 0 Å². The Bertz CT molecular complexity index is 303. The van der Waals surface area contributed by atoms with Crippen molar-refractivity contribution in [1.29, 1.82) is 0 Å². The molecule has 0 N–H and O–H groups in total. The molecule has 14 heavy (non-hydrogen) atoms. The first-order chi connectivity index (χ1) is 6.39. The molecule has 1 aromatic rings. The second-order valence-corrected chi connectivity index (χ2v) is 3.20. The number of halogens is 4. The molecular formula is C10H10F4. The lowest BCUT2D eigenvalue weighted by molar-refractivity contribution is -0.179. The monoisotopic (exact) mass is 206 g/mol. The number of hydrogen-bond acceptors (Lipinski definition) is 0. The summed E-state index contributed by atoms with van der Waals surface area (Å²) >= 11 is 0. The van der Waals surface area contributed by atoms with Gasteiger partial charge < -0.3 is 0 Å². The maximum absolute atomic E-state index is 12.6. The summed E-state index contributed by atoms with van der Waals surface area (Å²) in [5.74, 6) is 0. The van der Waals surface area contributed by atoms with E-state index in [-0.39, 0.29) is 0 Å². The van der Waals surface area contributed by atoms with Crippen molar-refractivity contribution >= 4 is 0 Å². The number of hydrogen-bond donors (Lipinski definition) is 0. The van der Waals surface area contributed by atoms with Crippen LogP contribution in [0.2, 0.25) is 0 Å². The predicted octanol–water partition coefficient (Wildman–Crippen LogP) is 3.44. The Morgan fingerprint density at radius 2 is 1.93 bits per heavy atom. The van der Waals surface area contributed by atoms with E-state index in [1.54, 1.807) is 25.1 Å². The predicted molar refractivity (Wildman–Crippen MR) is 45.8 cm³/mol. The number of aryl methyl sites for hydroxylation is 1. The van der Waals surface area contributed by atoms with E-state index in [0.29, 0.717) is 5.56 Å². The average molecular weight is 206 g/mol. The summed E-state index contributed by atoms with van der Waals surface area (Å²) in [7, 11) is 0. The summed E-state index contributed by atoms with van der Waals surface area (Å²) in [6.07, 6.45) is -8.14. The lowest BCUT2D eigenvalue weighted by Gasteiger charge is -2.12. The fraction of sp³-hybridized carbons (Fsp3) is 0.400. The Morgan fingerprint density at radius 3 is 2.43 bits per heavy atom. The summed E-state index contributed by atoms with van der Waals surface area (Å²) in [5.41, 5.74) is 1.20. The standard InChI is InChI=1S/C10H10F4/c1-7-3-2-4-8(5-7)6-9(11)10(12,13)14/h2-5,9H,6H2,1H3. The van der Waals surface area contributed by atoms with Crippen LogP contribution < -0.4 is 0 Å². The third-order valence-corrected chi connectivity index (χ3v) is 1.85. The van der Waals surface area contributed by atoms with E-state index in [9.17, 15) is 17.6 Å².